The second-order valence-electron chi connectivity index (χ2n) is 5.86. The van der Waals surface area contributed by atoms with Gasteiger partial charge in [-0.05, 0) is 17.2 Å². The fourth-order valence-corrected chi connectivity index (χ4v) is 2.93. The molecule has 0 aliphatic heterocycles. The average molecular weight is 339 g/mol. The fraction of sp³-hybridized carbons (Fsp3) is 0.167. The van der Waals surface area contributed by atoms with E-state index in [1.807, 2.05) is 34.9 Å². The van der Waals surface area contributed by atoms with E-state index in [2.05, 4.69) is 0 Å². The number of nitrogens with two attached hydrogens (primary N) is 1. The molecular weight excluding hydrogens is 322 g/mol. The zero-order valence-corrected chi connectivity index (χ0v) is 13.3. The summed E-state index contributed by atoms with van der Waals surface area (Å²) >= 11 is 0. The highest BCUT2D eigenvalue weighted by Crippen LogP contribution is 2.30. The van der Waals surface area contributed by atoms with E-state index < -0.39 is 16.9 Å². The van der Waals surface area contributed by atoms with Crippen LogP contribution < -0.4 is 5.73 Å². The van der Waals surface area contributed by atoms with Crippen molar-refractivity contribution in [1.29, 1.82) is 0 Å². The molecule has 0 aliphatic carbocycles. The van der Waals surface area contributed by atoms with E-state index in [9.17, 15) is 14.9 Å². The average Bonchev–Trinajstić information content (AvgIpc) is 2.93. The number of nitro benzene ring substituents is 1. The van der Waals surface area contributed by atoms with Crippen molar-refractivity contribution in [3.8, 4) is 0 Å². The number of hydrogen-bond acceptors (Lipinski definition) is 4. The molecule has 1 unspecified atom stereocenters. The monoisotopic (exact) mass is 339 g/mol. The molecule has 0 saturated heterocycles. The number of carboxylic acids is 1. The predicted octanol–water partition coefficient (Wildman–Crippen LogP) is 3.07. The maximum Gasteiger partial charge on any atom is 0.305 e. The Labute approximate surface area is 143 Å². The molecule has 1 heterocycles. The van der Waals surface area contributed by atoms with Crippen LogP contribution in [0.1, 0.15) is 23.6 Å². The number of fused-ring (bicyclic) bond motifs is 1. The van der Waals surface area contributed by atoms with E-state index in [-0.39, 0.29) is 12.1 Å². The molecule has 0 amide bonds. The Morgan fingerprint density at radius 2 is 1.96 bits per heavy atom. The number of rotatable bonds is 6. The van der Waals surface area contributed by atoms with Crippen LogP contribution in [0.5, 0.6) is 0 Å². The highest BCUT2D eigenvalue weighted by atomic mass is 16.6. The van der Waals surface area contributed by atoms with E-state index in [4.69, 9.17) is 10.8 Å². The number of benzene rings is 2. The topological polar surface area (TPSA) is 111 Å². The van der Waals surface area contributed by atoms with Crippen molar-refractivity contribution in [3.63, 3.8) is 0 Å². The number of aliphatic carboxylic acids is 1. The predicted molar refractivity (Wildman–Crippen MR) is 93.3 cm³/mol. The van der Waals surface area contributed by atoms with Crippen LogP contribution in [0.15, 0.2) is 54.7 Å². The van der Waals surface area contributed by atoms with Gasteiger partial charge in [0.25, 0.3) is 5.69 Å². The minimum absolute atomic E-state index is 0.0475. The van der Waals surface area contributed by atoms with E-state index >= 15 is 0 Å². The van der Waals surface area contributed by atoms with Crippen LogP contribution in [0.4, 0.5) is 5.69 Å². The Hall–Kier alpha value is -3.19. The lowest BCUT2D eigenvalue weighted by atomic mass is 10.0. The molecule has 7 heteroatoms. The fourth-order valence-electron chi connectivity index (χ4n) is 2.93. The van der Waals surface area contributed by atoms with Crippen LogP contribution in [0.25, 0.3) is 10.9 Å². The van der Waals surface area contributed by atoms with Gasteiger partial charge in [-0.3, -0.25) is 14.9 Å². The summed E-state index contributed by atoms with van der Waals surface area (Å²) in [5.41, 5.74) is 8.43. The third-order valence-corrected chi connectivity index (χ3v) is 4.10. The van der Waals surface area contributed by atoms with Crippen molar-refractivity contribution in [2.75, 3.05) is 0 Å². The largest absolute Gasteiger partial charge is 0.481 e. The Kier molecular flexibility index (Phi) is 4.49. The van der Waals surface area contributed by atoms with Crippen LogP contribution >= 0.6 is 0 Å². The lowest BCUT2D eigenvalue weighted by molar-refractivity contribution is -0.384. The van der Waals surface area contributed by atoms with Gasteiger partial charge in [0.15, 0.2) is 0 Å². The minimum Gasteiger partial charge on any atom is -0.481 e. The first kappa shape index (κ1) is 16.7. The molecule has 25 heavy (non-hydrogen) atoms. The Balaban J connectivity index is 2.11. The molecular formula is C18H17N3O4. The van der Waals surface area contributed by atoms with Crippen LogP contribution in [0, 0.1) is 10.1 Å². The summed E-state index contributed by atoms with van der Waals surface area (Å²) in [5, 5.41) is 20.7. The Morgan fingerprint density at radius 1 is 1.24 bits per heavy atom. The summed E-state index contributed by atoms with van der Waals surface area (Å²) in [5.74, 6) is -1.01. The first-order chi connectivity index (χ1) is 12.0. The number of nitrogens with zero attached hydrogens (tertiary/aromatic N) is 2. The molecule has 0 radical (unpaired) electrons. The van der Waals surface area contributed by atoms with Gasteiger partial charge in [-0.2, -0.15) is 0 Å². The molecule has 0 saturated carbocycles. The standard InChI is InChI=1S/C18H17N3O4/c19-16(9-18(22)23)15-11-20(10-12-4-2-1-3-5-12)17-7-6-13(21(24)25)8-14(15)17/h1-8,11,16H,9-10,19H2,(H,22,23). The van der Waals surface area contributed by atoms with Gasteiger partial charge < -0.3 is 15.4 Å². The Morgan fingerprint density at radius 3 is 2.60 bits per heavy atom. The Bertz CT molecular complexity index is 934. The molecule has 2 aromatic carbocycles. The SMILES string of the molecule is NC(CC(=O)O)c1cn(Cc2ccccc2)c2ccc([N+](=O)[O-])cc12. The molecule has 3 N–H and O–H groups in total. The third kappa shape index (κ3) is 3.51. The van der Waals surface area contributed by atoms with Crippen molar-refractivity contribution < 1.29 is 14.8 Å². The van der Waals surface area contributed by atoms with Gasteiger partial charge in [-0.25, -0.2) is 0 Å². The quantitative estimate of drug-likeness (QED) is 0.529. The van der Waals surface area contributed by atoms with Crippen molar-refractivity contribution in [1.82, 2.24) is 4.57 Å². The van der Waals surface area contributed by atoms with Gasteiger partial charge in [0.1, 0.15) is 0 Å². The van der Waals surface area contributed by atoms with Crippen LogP contribution in [-0.2, 0) is 11.3 Å². The van der Waals surface area contributed by atoms with Crippen molar-refractivity contribution in [2.45, 2.75) is 19.0 Å². The van der Waals surface area contributed by atoms with E-state index in [1.54, 1.807) is 12.3 Å². The summed E-state index contributed by atoms with van der Waals surface area (Å²) in [4.78, 5) is 21.6. The lowest BCUT2D eigenvalue weighted by Gasteiger charge is -2.07. The summed E-state index contributed by atoms with van der Waals surface area (Å²) in [6.07, 6.45) is 1.54. The van der Waals surface area contributed by atoms with E-state index in [1.165, 1.54) is 12.1 Å². The number of carbonyl (C=O) groups is 1. The number of hydrogen-bond donors (Lipinski definition) is 2. The highest BCUT2D eigenvalue weighted by Gasteiger charge is 2.19. The van der Waals surface area contributed by atoms with Gasteiger partial charge >= 0.3 is 5.97 Å². The van der Waals surface area contributed by atoms with Gasteiger partial charge in [0.05, 0.1) is 11.3 Å². The minimum atomic E-state index is -1.01. The van der Waals surface area contributed by atoms with Gasteiger partial charge in [-0.15, -0.1) is 0 Å². The maximum absolute atomic E-state index is 11.1. The molecule has 0 aliphatic rings. The molecule has 0 spiro atoms. The molecule has 128 valence electrons. The number of nitro groups is 1. The van der Waals surface area contributed by atoms with Gasteiger partial charge in [0, 0.05) is 41.8 Å². The summed E-state index contributed by atoms with van der Waals surface area (Å²) in [6.45, 7) is 0.564. The van der Waals surface area contributed by atoms with Crippen LogP contribution in [0.2, 0.25) is 0 Å². The van der Waals surface area contributed by atoms with Crippen LogP contribution in [-0.4, -0.2) is 20.6 Å². The second-order valence-corrected chi connectivity index (χ2v) is 5.86. The second kappa shape index (κ2) is 6.74. The van der Waals surface area contributed by atoms with E-state index in [0.717, 1.165) is 11.1 Å². The maximum atomic E-state index is 11.1. The molecule has 0 fully saturated rings. The lowest BCUT2D eigenvalue weighted by Crippen LogP contribution is -2.14. The molecule has 0 bridgehead atoms. The van der Waals surface area contributed by atoms with Gasteiger partial charge in [0.2, 0.25) is 0 Å². The van der Waals surface area contributed by atoms with Crippen molar-refractivity contribution in [3.05, 3.63) is 76.0 Å². The molecule has 7 nitrogen and oxygen atoms in total. The molecule has 3 aromatic rings. The number of non-ortho nitro benzene ring substituents is 1. The summed E-state index contributed by atoms with van der Waals surface area (Å²) < 4.78 is 1.94. The highest BCUT2D eigenvalue weighted by molar-refractivity contribution is 5.87. The zero-order chi connectivity index (χ0) is 18.0. The van der Waals surface area contributed by atoms with Gasteiger partial charge in [-0.1, -0.05) is 30.3 Å². The normalized spacial score (nSPS) is 12.2. The molecule has 1 aromatic heterocycles. The number of aromatic nitrogens is 1. The number of carboxylic acid groups (broad SMARTS) is 1. The molecule has 1 atom stereocenters. The summed E-state index contributed by atoms with van der Waals surface area (Å²) in [6, 6.07) is 13.6. The zero-order valence-electron chi connectivity index (χ0n) is 13.3. The smallest absolute Gasteiger partial charge is 0.305 e. The van der Waals surface area contributed by atoms with Crippen LogP contribution in [0.3, 0.4) is 0 Å². The van der Waals surface area contributed by atoms with E-state index in [0.29, 0.717) is 17.5 Å². The summed E-state index contributed by atoms with van der Waals surface area (Å²) in [7, 11) is 0. The first-order valence-corrected chi connectivity index (χ1v) is 7.74. The van der Waals surface area contributed by atoms with Crippen molar-refractivity contribution in [2.24, 2.45) is 5.73 Å². The third-order valence-electron chi connectivity index (χ3n) is 4.10. The van der Waals surface area contributed by atoms with Crippen molar-refractivity contribution >= 4 is 22.6 Å². The molecule has 3 rings (SSSR count). The first-order valence-electron chi connectivity index (χ1n) is 7.74.